The first-order valence-electron chi connectivity index (χ1n) is 9.09. The number of rotatable bonds is 4. The second kappa shape index (κ2) is 7.13. The van der Waals surface area contributed by atoms with Crippen molar-refractivity contribution in [1.29, 1.82) is 0 Å². The number of pyridine rings is 1. The summed E-state index contributed by atoms with van der Waals surface area (Å²) in [5.74, 6) is 0. The quantitative estimate of drug-likeness (QED) is 0.428. The lowest BCUT2D eigenvalue weighted by molar-refractivity contribution is 0.588. The first-order valence-corrected chi connectivity index (χ1v) is 11.7. The highest BCUT2D eigenvalue weighted by Gasteiger charge is 2.12. The summed E-state index contributed by atoms with van der Waals surface area (Å²) in [6, 6.07) is 27.1. The van der Waals surface area contributed by atoms with Crippen molar-refractivity contribution in [3.05, 3.63) is 96.3 Å². The Hall–Kier alpha value is -2.70. The van der Waals surface area contributed by atoms with E-state index in [0.29, 0.717) is 0 Å². The molecule has 4 rings (SSSR count). The Morgan fingerprint density at radius 3 is 2.22 bits per heavy atom. The fourth-order valence-electron chi connectivity index (χ4n) is 3.44. The number of fused-ring (bicyclic) bond motifs is 1. The minimum Gasteiger partial charge on any atom is -0.319 e. The smallest absolute Gasteiger partial charge is 0.109 e. The highest BCUT2D eigenvalue weighted by molar-refractivity contribution is 7.70. The van der Waals surface area contributed by atoms with E-state index in [1.807, 2.05) is 24.4 Å². The normalized spacial score (nSPS) is 11.6. The molecule has 3 heteroatoms. The molecule has 0 aliphatic rings. The number of hydrogen-bond acceptors (Lipinski definition) is 2. The lowest BCUT2D eigenvalue weighted by Gasteiger charge is -2.11. The van der Waals surface area contributed by atoms with E-state index >= 15 is 0 Å². The lowest BCUT2D eigenvalue weighted by Crippen LogP contribution is -2.03. The van der Waals surface area contributed by atoms with Crippen LogP contribution in [0, 0.1) is 0 Å². The molecule has 0 atom stereocenters. The van der Waals surface area contributed by atoms with Crippen LogP contribution in [0.1, 0.15) is 11.3 Å². The zero-order valence-corrected chi connectivity index (χ0v) is 16.5. The maximum absolute atomic E-state index is 12.2. The van der Waals surface area contributed by atoms with Gasteiger partial charge in [0.15, 0.2) is 0 Å². The molecule has 0 saturated carbocycles. The molecule has 0 aliphatic carbocycles. The van der Waals surface area contributed by atoms with E-state index in [1.165, 1.54) is 27.5 Å². The SMILES string of the molecule is CP(C)(=O)c1ccc(Cc2nccc3c(-c4ccccc4)cccc23)cc1. The Kier molecular flexibility index (Phi) is 4.68. The molecule has 0 spiro atoms. The zero-order chi connectivity index (χ0) is 18.9. The van der Waals surface area contributed by atoms with Crippen LogP contribution in [0.5, 0.6) is 0 Å². The maximum Gasteiger partial charge on any atom is 0.109 e. The molecular weight excluding hydrogens is 349 g/mol. The van der Waals surface area contributed by atoms with Crippen LogP contribution in [-0.2, 0) is 11.0 Å². The van der Waals surface area contributed by atoms with Crippen LogP contribution < -0.4 is 5.30 Å². The van der Waals surface area contributed by atoms with Crippen LogP contribution in [0.4, 0.5) is 0 Å². The number of aromatic nitrogens is 1. The van der Waals surface area contributed by atoms with E-state index in [4.69, 9.17) is 0 Å². The molecule has 0 amide bonds. The molecule has 0 saturated heterocycles. The Labute approximate surface area is 160 Å². The van der Waals surface area contributed by atoms with Gasteiger partial charge in [0, 0.05) is 23.3 Å². The van der Waals surface area contributed by atoms with Crippen LogP contribution in [0.3, 0.4) is 0 Å². The third-order valence-electron chi connectivity index (χ3n) is 4.90. The molecular formula is C24H22NOP. The third kappa shape index (κ3) is 3.72. The van der Waals surface area contributed by atoms with Crippen molar-refractivity contribution >= 4 is 23.2 Å². The monoisotopic (exact) mass is 371 g/mol. The predicted molar refractivity (Wildman–Crippen MR) is 116 cm³/mol. The molecule has 0 radical (unpaired) electrons. The molecule has 0 bridgehead atoms. The second-order valence-electron chi connectivity index (χ2n) is 7.22. The van der Waals surface area contributed by atoms with Crippen molar-refractivity contribution in [2.45, 2.75) is 6.42 Å². The molecule has 0 N–H and O–H groups in total. The van der Waals surface area contributed by atoms with Gasteiger partial charge >= 0.3 is 0 Å². The maximum atomic E-state index is 12.2. The molecule has 1 heterocycles. The van der Waals surface area contributed by atoms with Gasteiger partial charge in [-0.1, -0.05) is 72.8 Å². The minimum absolute atomic E-state index is 0.758. The van der Waals surface area contributed by atoms with E-state index in [-0.39, 0.29) is 0 Å². The summed E-state index contributed by atoms with van der Waals surface area (Å²) in [6.45, 7) is 3.61. The van der Waals surface area contributed by atoms with E-state index < -0.39 is 7.14 Å². The van der Waals surface area contributed by atoms with Crippen molar-refractivity contribution in [3.63, 3.8) is 0 Å². The van der Waals surface area contributed by atoms with Crippen molar-refractivity contribution in [2.75, 3.05) is 13.3 Å². The summed E-state index contributed by atoms with van der Waals surface area (Å²) < 4.78 is 12.2. The third-order valence-corrected chi connectivity index (χ3v) is 6.44. The molecule has 4 aromatic rings. The Morgan fingerprint density at radius 2 is 1.52 bits per heavy atom. The van der Waals surface area contributed by atoms with Gasteiger partial charge in [-0.05, 0) is 41.5 Å². The Morgan fingerprint density at radius 1 is 0.778 bits per heavy atom. The van der Waals surface area contributed by atoms with Gasteiger partial charge in [0.25, 0.3) is 0 Å². The summed E-state index contributed by atoms with van der Waals surface area (Å²) in [7, 11) is -2.22. The highest BCUT2D eigenvalue weighted by atomic mass is 31.2. The molecule has 0 aliphatic heterocycles. The zero-order valence-electron chi connectivity index (χ0n) is 15.6. The topological polar surface area (TPSA) is 30.0 Å². The number of nitrogens with zero attached hydrogens (tertiary/aromatic N) is 1. The number of benzene rings is 3. The predicted octanol–water partition coefficient (Wildman–Crippen LogP) is 5.74. The van der Waals surface area contributed by atoms with Crippen LogP contribution in [0.2, 0.25) is 0 Å². The van der Waals surface area contributed by atoms with Gasteiger partial charge in [-0.25, -0.2) is 0 Å². The van der Waals surface area contributed by atoms with Crippen molar-refractivity contribution < 1.29 is 4.57 Å². The average molecular weight is 371 g/mol. The first-order chi connectivity index (χ1) is 13.0. The summed E-state index contributed by atoms with van der Waals surface area (Å²) in [5, 5.41) is 3.32. The molecule has 27 heavy (non-hydrogen) atoms. The minimum atomic E-state index is -2.22. The molecule has 2 nitrogen and oxygen atoms in total. The first kappa shape index (κ1) is 17.7. The molecule has 0 unspecified atom stereocenters. The van der Waals surface area contributed by atoms with Crippen LogP contribution >= 0.6 is 7.14 Å². The Balaban J connectivity index is 1.74. The fourth-order valence-corrected chi connectivity index (χ4v) is 4.31. The summed E-state index contributed by atoms with van der Waals surface area (Å²) in [6.07, 6.45) is 2.65. The van der Waals surface area contributed by atoms with Gasteiger partial charge in [-0.15, -0.1) is 0 Å². The van der Waals surface area contributed by atoms with E-state index in [1.54, 1.807) is 13.3 Å². The van der Waals surface area contributed by atoms with Gasteiger partial charge in [-0.3, -0.25) is 4.98 Å². The average Bonchev–Trinajstić information content (AvgIpc) is 2.68. The van der Waals surface area contributed by atoms with Gasteiger partial charge in [0.05, 0.1) is 5.69 Å². The molecule has 3 aromatic carbocycles. The highest BCUT2D eigenvalue weighted by Crippen LogP contribution is 2.34. The van der Waals surface area contributed by atoms with Gasteiger partial charge < -0.3 is 4.57 Å². The van der Waals surface area contributed by atoms with Crippen molar-refractivity contribution in [3.8, 4) is 11.1 Å². The summed E-state index contributed by atoms with van der Waals surface area (Å²) >= 11 is 0. The summed E-state index contributed by atoms with van der Waals surface area (Å²) in [5.41, 5.74) is 4.68. The summed E-state index contributed by atoms with van der Waals surface area (Å²) in [4.78, 5) is 4.65. The van der Waals surface area contributed by atoms with E-state index in [2.05, 4.69) is 65.6 Å². The van der Waals surface area contributed by atoms with E-state index in [9.17, 15) is 4.57 Å². The van der Waals surface area contributed by atoms with Crippen LogP contribution in [-0.4, -0.2) is 18.3 Å². The molecule has 1 aromatic heterocycles. The molecule has 134 valence electrons. The van der Waals surface area contributed by atoms with Gasteiger partial charge in [0.1, 0.15) is 7.14 Å². The van der Waals surface area contributed by atoms with Crippen LogP contribution in [0.15, 0.2) is 85.1 Å². The number of hydrogen-bond donors (Lipinski definition) is 0. The largest absolute Gasteiger partial charge is 0.319 e. The molecule has 0 fully saturated rings. The Bertz CT molecular complexity index is 1130. The van der Waals surface area contributed by atoms with Crippen LogP contribution in [0.25, 0.3) is 21.9 Å². The second-order valence-corrected chi connectivity index (χ2v) is 10.4. The van der Waals surface area contributed by atoms with E-state index in [0.717, 1.165) is 17.4 Å². The van der Waals surface area contributed by atoms with Gasteiger partial charge in [0.2, 0.25) is 0 Å². The lowest BCUT2D eigenvalue weighted by atomic mass is 9.96. The standard InChI is InChI=1S/C24H22NOP/c1-27(2,26)20-13-11-18(12-14-20)17-24-23-10-6-9-21(22(23)15-16-25-24)19-7-4-3-5-8-19/h3-16H,17H2,1-2H3. The van der Waals surface area contributed by atoms with Crippen molar-refractivity contribution in [2.24, 2.45) is 0 Å². The van der Waals surface area contributed by atoms with Crippen molar-refractivity contribution in [1.82, 2.24) is 4.98 Å². The van der Waals surface area contributed by atoms with Gasteiger partial charge in [-0.2, -0.15) is 0 Å². The fraction of sp³-hybridized carbons (Fsp3) is 0.125.